The Kier molecular flexibility index (Phi) is 2.32. The van der Waals surface area contributed by atoms with Crippen LogP contribution in [0, 0.1) is 0 Å². The van der Waals surface area contributed by atoms with E-state index in [-0.39, 0.29) is 5.75 Å². The van der Waals surface area contributed by atoms with Gasteiger partial charge in [-0.2, -0.15) is 9.40 Å². The van der Waals surface area contributed by atoms with Crippen molar-refractivity contribution in [1.82, 2.24) is 14.5 Å². The molecule has 0 spiro atoms. The van der Waals surface area contributed by atoms with E-state index in [0.29, 0.717) is 19.5 Å². The maximum Gasteiger partial charge on any atom is 0.214 e. The molecule has 6 heteroatoms. The standard InChI is InChI=1S/C8H13N3O2S/c1-2-3-14(12,13)11-5-7-4-9-10-8(7)6-11/h4H,2-3,5-6H2,1H3,(H,9,10). The van der Waals surface area contributed by atoms with E-state index in [1.54, 1.807) is 6.20 Å². The van der Waals surface area contributed by atoms with Gasteiger partial charge in [0.15, 0.2) is 0 Å². The Hall–Kier alpha value is -0.880. The summed E-state index contributed by atoms with van der Waals surface area (Å²) in [6.45, 7) is 2.78. The van der Waals surface area contributed by atoms with Gasteiger partial charge in [-0.05, 0) is 6.42 Å². The van der Waals surface area contributed by atoms with E-state index < -0.39 is 10.0 Å². The SMILES string of the molecule is CCCS(=O)(=O)N1Cc2cn[nH]c2C1. The number of nitrogens with one attached hydrogen (secondary N) is 1. The highest BCUT2D eigenvalue weighted by Gasteiger charge is 2.29. The van der Waals surface area contributed by atoms with Crippen LogP contribution in [0.3, 0.4) is 0 Å². The van der Waals surface area contributed by atoms with Crippen LogP contribution in [0.5, 0.6) is 0 Å². The predicted molar refractivity (Wildman–Crippen MR) is 51.9 cm³/mol. The molecule has 2 heterocycles. The number of hydrogen-bond acceptors (Lipinski definition) is 3. The van der Waals surface area contributed by atoms with Crippen molar-refractivity contribution < 1.29 is 8.42 Å². The third-order valence-corrected chi connectivity index (χ3v) is 4.31. The van der Waals surface area contributed by atoms with Crippen molar-refractivity contribution in [2.45, 2.75) is 26.4 Å². The van der Waals surface area contributed by atoms with Crippen molar-refractivity contribution in [3.05, 3.63) is 17.5 Å². The molecule has 78 valence electrons. The van der Waals surface area contributed by atoms with Gasteiger partial charge in [0, 0.05) is 12.1 Å². The molecule has 1 aliphatic rings. The van der Waals surface area contributed by atoms with Crippen LogP contribution < -0.4 is 0 Å². The second-order valence-electron chi connectivity index (χ2n) is 3.46. The van der Waals surface area contributed by atoms with E-state index in [9.17, 15) is 8.42 Å². The Morgan fingerprint density at radius 3 is 3.00 bits per heavy atom. The maximum absolute atomic E-state index is 11.7. The van der Waals surface area contributed by atoms with Gasteiger partial charge in [-0.25, -0.2) is 8.42 Å². The molecule has 0 radical (unpaired) electrons. The molecule has 0 saturated heterocycles. The number of aromatic amines is 1. The summed E-state index contributed by atoms with van der Waals surface area (Å²) in [5.74, 6) is 0.227. The van der Waals surface area contributed by atoms with Gasteiger partial charge in [0.25, 0.3) is 0 Å². The fourth-order valence-electron chi connectivity index (χ4n) is 1.62. The van der Waals surface area contributed by atoms with E-state index in [4.69, 9.17) is 0 Å². The molecule has 0 atom stereocenters. The molecule has 0 fully saturated rings. The molecule has 1 aliphatic heterocycles. The smallest absolute Gasteiger partial charge is 0.214 e. The Labute approximate surface area is 83.2 Å². The number of rotatable bonds is 3. The highest BCUT2D eigenvalue weighted by molar-refractivity contribution is 7.89. The number of H-pyrrole nitrogens is 1. The predicted octanol–water partition coefficient (Wildman–Crippen LogP) is 0.465. The topological polar surface area (TPSA) is 66.1 Å². The lowest BCUT2D eigenvalue weighted by molar-refractivity contribution is 0.426. The zero-order valence-corrected chi connectivity index (χ0v) is 8.84. The first kappa shape index (κ1) is 9.67. The highest BCUT2D eigenvalue weighted by atomic mass is 32.2. The number of fused-ring (bicyclic) bond motifs is 1. The minimum absolute atomic E-state index is 0.227. The van der Waals surface area contributed by atoms with Crippen LogP contribution in [0.1, 0.15) is 24.6 Å². The Bertz CT molecular complexity index is 403. The fourth-order valence-corrected chi connectivity index (χ4v) is 3.05. The van der Waals surface area contributed by atoms with Gasteiger partial charge in [-0.15, -0.1) is 0 Å². The van der Waals surface area contributed by atoms with Crippen LogP contribution in [0.25, 0.3) is 0 Å². The summed E-state index contributed by atoms with van der Waals surface area (Å²) in [7, 11) is -3.06. The van der Waals surface area contributed by atoms with Crippen LogP contribution in [0.15, 0.2) is 6.20 Å². The van der Waals surface area contributed by atoms with Crippen LogP contribution in [0.4, 0.5) is 0 Å². The lowest BCUT2D eigenvalue weighted by atomic mass is 10.3. The quantitative estimate of drug-likeness (QED) is 0.796. The zero-order chi connectivity index (χ0) is 10.2. The van der Waals surface area contributed by atoms with Crippen LogP contribution in [-0.4, -0.2) is 28.7 Å². The van der Waals surface area contributed by atoms with E-state index >= 15 is 0 Å². The molecule has 0 bridgehead atoms. The van der Waals surface area contributed by atoms with Crippen LogP contribution in [-0.2, 0) is 23.1 Å². The molecule has 0 aromatic carbocycles. The summed E-state index contributed by atoms with van der Waals surface area (Å²) in [5, 5.41) is 6.67. The number of aromatic nitrogens is 2. The Balaban J connectivity index is 2.15. The van der Waals surface area contributed by atoms with Crippen molar-refractivity contribution in [3.63, 3.8) is 0 Å². The number of hydrogen-bond donors (Lipinski definition) is 1. The summed E-state index contributed by atoms with van der Waals surface area (Å²) < 4.78 is 24.9. The van der Waals surface area contributed by atoms with Crippen LogP contribution in [0.2, 0.25) is 0 Å². The summed E-state index contributed by atoms with van der Waals surface area (Å²) in [6.07, 6.45) is 2.35. The molecule has 0 saturated carbocycles. The summed E-state index contributed by atoms with van der Waals surface area (Å²) >= 11 is 0. The van der Waals surface area contributed by atoms with Gasteiger partial charge in [-0.1, -0.05) is 6.92 Å². The van der Waals surface area contributed by atoms with Gasteiger partial charge in [-0.3, -0.25) is 5.10 Å². The van der Waals surface area contributed by atoms with Crippen molar-refractivity contribution in [3.8, 4) is 0 Å². The molecule has 0 unspecified atom stereocenters. The largest absolute Gasteiger partial charge is 0.281 e. The van der Waals surface area contributed by atoms with Gasteiger partial charge in [0.05, 0.1) is 24.2 Å². The molecule has 1 aromatic heterocycles. The van der Waals surface area contributed by atoms with Crippen molar-refractivity contribution in [2.24, 2.45) is 0 Å². The minimum atomic E-state index is -3.06. The first-order valence-electron chi connectivity index (χ1n) is 4.62. The second-order valence-corrected chi connectivity index (χ2v) is 5.55. The molecule has 1 N–H and O–H groups in total. The van der Waals surface area contributed by atoms with Gasteiger partial charge in [0.2, 0.25) is 10.0 Å². The first-order valence-corrected chi connectivity index (χ1v) is 6.23. The lowest BCUT2D eigenvalue weighted by Crippen LogP contribution is -2.28. The Morgan fingerprint density at radius 1 is 1.57 bits per heavy atom. The number of sulfonamides is 1. The molecule has 14 heavy (non-hydrogen) atoms. The van der Waals surface area contributed by atoms with Gasteiger partial charge >= 0.3 is 0 Å². The molecule has 2 rings (SSSR count). The summed E-state index contributed by atoms with van der Waals surface area (Å²) in [6, 6.07) is 0. The third kappa shape index (κ3) is 1.55. The normalized spacial score (nSPS) is 17.2. The van der Waals surface area contributed by atoms with E-state index in [0.717, 1.165) is 11.3 Å². The van der Waals surface area contributed by atoms with Gasteiger partial charge < -0.3 is 0 Å². The maximum atomic E-state index is 11.7. The zero-order valence-electron chi connectivity index (χ0n) is 8.02. The minimum Gasteiger partial charge on any atom is -0.281 e. The van der Waals surface area contributed by atoms with E-state index in [2.05, 4.69) is 10.2 Å². The second kappa shape index (κ2) is 3.36. The monoisotopic (exact) mass is 215 g/mol. The lowest BCUT2D eigenvalue weighted by Gasteiger charge is -2.14. The van der Waals surface area contributed by atoms with Crippen LogP contribution >= 0.6 is 0 Å². The fraction of sp³-hybridized carbons (Fsp3) is 0.625. The first-order chi connectivity index (χ1) is 6.63. The van der Waals surface area contributed by atoms with Crippen molar-refractivity contribution in [2.75, 3.05) is 5.75 Å². The van der Waals surface area contributed by atoms with E-state index in [1.165, 1.54) is 4.31 Å². The molecule has 1 aromatic rings. The van der Waals surface area contributed by atoms with Crippen molar-refractivity contribution in [1.29, 1.82) is 0 Å². The molecular formula is C8H13N3O2S. The number of nitrogens with zero attached hydrogens (tertiary/aromatic N) is 2. The molecule has 0 amide bonds. The average Bonchev–Trinajstić information content (AvgIpc) is 2.60. The van der Waals surface area contributed by atoms with E-state index in [1.807, 2.05) is 6.92 Å². The average molecular weight is 215 g/mol. The molecule has 5 nitrogen and oxygen atoms in total. The third-order valence-electron chi connectivity index (χ3n) is 2.34. The molecular weight excluding hydrogens is 202 g/mol. The summed E-state index contributed by atoms with van der Waals surface area (Å²) in [5.41, 5.74) is 1.91. The summed E-state index contributed by atoms with van der Waals surface area (Å²) in [4.78, 5) is 0. The Morgan fingerprint density at radius 2 is 2.36 bits per heavy atom. The van der Waals surface area contributed by atoms with Gasteiger partial charge in [0.1, 0.15) is 0 Å². The highest BCUT2D eigenvalue weighted by Crippen LogP contribution is 2.23. The molecule has 0 aliphatic carbocycles. The van der Waals surface area contributed by atoms with Crippen molar-refractivity contribution >= 4 is 10.0 Å².